The SMILES string of the molecule is COc1cc(CCNC(=O)CCl)ccc1C. The fourth-order valence-electron chi connectivity index (χ4n) is 1.41. The first-order chi connectivity index (χ1) is 7.67. The van der Waals surface area contributed by atoms with Crippen molar-refractivity contribution in [3.05, 3.63) is 29.3 Å². The van der Waals surface area contributed by atoms with Crippen molar-refractivity contribution in [1.29, 1.82) is 0 Å². The molecule has 1 N–H and O–H groups in total. The number of carbonyl (C=O) groups excluding carboxylic acids is 1. The van der Waals surface area contributed by atoms with Gasteiger partial charge in [-0.05, 0) is 30.5 Å². The summed E-state index contributed by atoms with van der Waals surface area (Å²) >= 11 is 5.37. The van der Waals surface area contributed by atoms with Gasteiger partial charge in [0.05, 0.1) is 7.11 Å². The van der Waals surface area contributed by atoms with Crippen molar-refractivity contribution in [3.63, 3.8) is 0 Å². The van der Waals surface area contributed by atoms with Gasteiger partial charge in [0, 0.05) is 6.54 Å². The molecule has 3 nitrogen and oxygen atoms in total. The lowest BCUT2D eigenvalue weighted by Crippen LogP contribution is -2.26. The van der Waals surface area contributed by atoms with Crippen LogP contribution in [0.15, 0.2) is 18.2 Å². The minimum absolute atomic E-state index is 0.0111. The Morgan fingerprint density at radius 2 is 2.25 bits per heavy atom. The third-order valence-corrected chi connectivity index (χ3v) is 2.57. The second-order valence-corrected chi connectivity index (χ2v) is 3.80. The molecule has 88 valence electrons. The number of alkyl halides is 1. The normalized spacial score (nSPS) is 9.94. The average Bonchev–Trinajstić information content (AvgIpc) is 2.31. The summed E-state index contributed by atoms with van der Waals surface area (Å²) in [5.41, 5.74) is 2.24. The lowest BCUT2D eigenvalue weighted by molar-refractivity contribution is -0.118. The predicted molar refractivity (Wildman–Crippen MR) is 65.2 cm³/mol. The van der Waals surface area contributed by atoms with Crippen LogP contribution in [0.3, 0.4) is 0 Å². The number of hydrogen-bond donors (Lipinski definition) is 1. The van der Waals surface area contributed by atoms with E-state index in [0.717, 1.165) is 23.3 Å². The molecule has 16 heavy (non-hydrogen) atoms. The number of hydrogen-bond acceptors (Lipinski definition) is 2. The number of nitrogens with one attached hydrogen (secondary N) is 1. The number of carbonyl (C=O) groups is 1. The molecule has 0 spiro atoms. The smallest absolute Gasteiger partial charge is 0.234 e. The van der Waals surface area contributed by atoms with Gasteiger partial charge in [-0.15, -0.1) is 11.6 Å². The van der Waals surface area contributed by atoms with Crippen LogP contribution in [0.4, 0.5) is 0 Å². The van der Waals surface area contributed by atoms with E-state index in [1.165, 1.54) is 0 Å². The largest absolute Gasteiger partial charge is 0.496 e. The molecular weight excluding hydrogens is 226 g/mol. The Kier molecular flexibility index (Phi) is 5.12. The standard InChI is InChI=1S/C12H16ClNO2/c1-9-3-4-10(7-11(9)16-2)5-6-14-12(15)8-13/h3-4,7H,5-6,8H2,1-2H3,(H,14,15). The Morgan fingerprint density at radius 1 is 1.50 bits per heavy atom. The molecular formula is C12H16ClNO2. The van der Waals surface area contributed by atoms with Crippen molar-refractivity contribution in [2.45, 2.75) is 13.3 Å². The maximum absolute atomic E-state index is 10.9. The molecule has 0 bridgehead atoms. The molecule has 0 radical (unpaired) electrons. The summed E-state index contributed by atoms with van der Waals surface area (Å²) in [6, 6.07) is 6.03. The van der Waals surface area contributed by atoms with E-state index in [1.54, 1.807) is 7.11 Å². The Labute approximate surface area is 101 Å². The number of aryl methyl sites for hydroxylation is 1. The van der Waals surface area contributed by atoms with Gasteiger partial charge < -0.3 is 10.1 Å². The number of ether oxygens (including phenoxy) is 1. The number of benzene rings is 1. The van der Waals surface area contributed by atoms with Crippen LogP contribution in [-0.2, 0) is 11.2 Å². The van der Waals surface area contributed by atoms with Gasteiger partial charge in [0.1, 0.15) is 11.6 Å². The molecule has 0 saturated carbocycles. The summed E-state index contributed by atoms with van der Waals surface area (Å²) in [7, 11) is 1.65. The van der Waals surface area contributed by atoms with Crippen LogP contribution in [-0.4, -0.2) is 25.4 Å². The number of methoxy groups -OCH3 is 1. The zero-order valence-electron chi connectivity index (χ0n) is 9.55. The lowest BCUT2D eigenvalue weighted by Gasteiger charge is -2.08. The van der Waals surface area contributed by atoms with Crippen LogP contribution < -0.4 is 10.1 Å². The number of amides is 1. The molecule has 0 aliphatic rings. The molecule has 0 fully saturated rings. The Morgan fingerprint density at radius 3 is 2.88 bits per heavy atom. The van der Waals surface area contributed by atoms with Crippen molar-refractivity contribution in [2.24, 2.45) is 0 Å². The molecule has 4 heteroatoms. The van der Waals surface area contributed by atoms with Crippen LogP contribution in [0.1, 0.15) is 11.1 Å². The Bertz CT molecular complexity index is 366. The third-order valence-electron chi connectivity index (χ3n) is 2.33. The minimum atomic E-state index is -0.138. The number of halogens is 1. The summed E-state index contributed by atoms with van der Waals surface area (Å²) < 4.78 is 5.23. The van der Waals surface area contributed by atoms with Gasteiger partial charge in [0.25, 0.3) is 0 Å². The van der Waals surface area contributed by atoms with E-state index in [9.17, 15) is 4.79 Å². The summed E-state index contributed by atoms with van der Waals surface area (Å²) in [5, 5.41) is 2.72. The van der Waals surface area contributed by atoms with Crippen LogP contribution in [0.25, 0.3) is 0 Å². The summed E-state index contributed by atoms with van der Waals surface area (Å²) in [6.45, 7) is 2.59. The minimum Gasteiger partial charge on any atom is -0.496 e. The van der Waals surface area contributed by atoms with Gasteiger partial charge in [-0.1, -0.05) is 12.1 Å². The zero-order valence-corrected chi connectivity index (χ0v) is 10.3. The van der Waals surface area contributed by atoms with E-state index in [1.807, 2.05) is 25.1 Å². The van der Waals surface area contributed by atoms with Crippen LogP contribution in [0.2, 0.25) is 0 Å². The van der Waals surface area contributed by atoms with E-state index < -0.39 is 0 Å². The first-order valence-electron chi connectivity index (χ1n) is 5.13. The maximum Gasteiger partial charge on any atom is 0.234 e. The highest BCUT2D eigenvalue weighted by Crippen LogP contribution is 2.18. The van der Waals surface area contributed by atoms with Gasteiger partial charge in [-0.25, -0.2) is 0 Å². The van der Waals surface area contributed by atoms with Crippen LogP contribution in [0.5, 0.6) is 5.75 Å². The van der Waals surface area contributed by atoms with Crippen molar-refractivity contribution in [3.8, 4) is 5.75 Å². The van der Waals surface area contributed by atoms with Crippen LogP contribution in [0, 0.1) is 6.92 Å². The van der Waals surface area contributed by atoms with Gasteiger partial charge in [-0.2, -0.15) is 0 Å². The van der Waals surface area contributed by atoms with E-state index in [-0.39, 0.29) is 11.8 Å². The first-order valence-corrected chi connectivity index (χ1v) is 5.67. The van der Waals surface area contributed by atoms with E-state index in [0.29, 0.717) is 6.54 Å². The molecule has 0 unspecified atom stereocenters. The topological polar surface area (TPSA) is 38.3 Å². The van der Waals surface area contributed by atoms with Gasteiger partial charge in [0.15, 0.2) is 0 Å². The quantitative estimate of drug-likeness (QED) is 0.800. The molecule has 0 heterocycles. The molecule has 1 aromatic rings. The van der Waals surface area contributed by atoms with Gasteiger partial charge in [-0.3, -0.25) is 4.79 Å². The zero-order chi connectivity index (χ0) is 12.0. The van der Waals surface area contributed by atoms with Gasteiger partial charge in [0.2, 0.25) is 5.91 Å². The highest BCUT2D eigenvalue weighted by Gasteiger charge is 2.01. The Balaban J connectivity index is 2.51. The first kappa shape index (κ1) is 12.8. The molecule has 0 saturated heterocycles. The molecule has 0 aromatic heterocycles. The van der Waals surface area contributed by atoms with Crippen molar-refractivity contribution >= 4 is 17.5 Å². The van der Waals surface area contributed by atoms with Crippen LogP contribution >= 0.6 is 11.6 Å². The maximum atomic E-state index is 10.9. The van der Waals surface area contributed by atoms with E-state index >= 15 is 0 Å². The second kappa shape index (κ2) is 6.38. The fraction of sp³-hybridized carbons (Fsp3) is 0.417. The van der Waals surface area contributed by atoms with Gasteiger partial charge >= 0.3 is 0 Å². The molecule has 1 aromatic carbocycles. The molecule has 1 amide bonds. The highest BCUT2D eigenvalue weighted by atomic mass is 35.5. The summed E-state index contributed by atoms with van der Waals surface area (Å²) in [5.74, 6) is 0.749. The monoisotopic (exact) mass is 241 g/mol. The molecule has 0 aliphatic heterocycles. The lowest BCUT2D eigenvalue weighted by atomic mass is 10.1. The second-order valence-electron chi connectivity index (χ2n) is 3.54. The van der Waals surface area contributed by atoms with E-state index in [2.05, 4.69) is 5.32 Å². The summed E-state index contributed by atoms with van der Waals surface area (Å²) in [4.78, 5) is 10.9. The van der Waals surface area contributed by atoms with E-state index in [4.69, 9.17) is 16.3 Å². The van der Waals surface area contributed by atoms with Crippen molar-refractivity contribution in [1.82, 2.24) is 5.32 Å². The average molecular weight is 242 g/mol. The fourth-order valence-corrected chi connectivity index (χ4v) is 1.51. The predicted octanol–water partition coefficient (Wildman–Crippen LogP) is 1.90. The molecule has 0 aliphatic carbocycles. The Hall–Kier alpha value is -1.22. The molecule has 0 atom stereocenters. The molecule has 1 rings (SSSR count). The summed E-state index contributed by atoms with van der Waals surface area (Å²) in [6.07, 6.45) is 0.777. The van der Waals surface area contributed by atoms with Crippen molar-refractivity contribution in [2.75, 3.05) is 19.5 Å². The van der Waals surface area contributed by atoms with Crippen molar-refractivity contribution < 1.29 is 9.53 Å². The highest BCUT2D eigenvalue weighted by molar-refractivity contribution is 6.27. The number of rotatable bonds is 5. The third kappa shape index (κ3) is 3.74.